The maximum Gasteiger partial charge on any atom is 0.404 e. The standard InChI is InChI=1S/C14H22O7.C3H7NO2/c1-4-14(7-15,8-20-12(18)5-10(2)16)9-21-13(19)6-11(3)17;1-2-6-3(4)5/h15H,4-9H2,1-3H3;2H2,1H3,(H2,4,5). The summed E-state index contributed by atoms with van der Waals surface area (Å²) in [7, 11) is 0. The van der Waals surface area contributed by atoms with E-state index in [9.17, 15) is 29.1 Å². The number of ether oxygens (including phenoxy) is 3. The van der Waals surface area contributed by atoms with E-state index < -0.39 is 23.4 Å². The van der Waals surface area contributed by atoms with Crippen LogP contribution in [0, 0.1) is 5.41 Å². The Labute approximate surface area is 158 Å². The van der Waals surface area contributed by atoms with Crippen LogP contribution in [0.5, 0.6) is 0 Å². The molecular weight excluding hydrogens is 362 g/mol. The van der Waals surface area contributed by atoms with E-state index in [1.54, 1.807) is 13.8 Å². The van der Waals surface area contributed by atoms with Gasteiger partial charge in [0.2, 0.25) is 0 Å². The number of primary amides is 1. The van der Waals surface area contributed by atoms with Gasteiger partial charge in [0, 0.05) is 0 Å². The molecule has 0 unspecified atom stereocenters. The molecule has 0 saturated carbocycles. The van der Waals surface area contributed by atoms with Crippen LogP contribution in [-0.2, 0) is 33.4 Å². The van der Waals surface area contributed by atoms with E-state index in [1.165, 1.54) is 13.8 Å². The molecule has 3 N–H and O–H groups in total. The van der Waals surface area contributed by atoms with Crippen molar-refractivity contribution in [2.24, 2.45) is 11.1 Å². The normalized spacial score (nSPS) is 10.1. The van der Waals surface area contributed by atoms with E-state index in [-0.39, 0.29) is 44.2 Å². The molecular formula is C17H29NO9. The van der Waals surface area contributed by atoms with Crippen molar-refractivity contribution < 1.29 is 43.3 Å². The predicted molar refractivity (Wildman–Crippen MR) is 93.5 cm³/mol. The number of carbonyl (C=O) groups excluding carboxylic acids is 5. The molecule has 10 nitrogen and oxygen atoms in total. The number of carbonyl (C=O) groups is 5. The average molecular weight is 391 g/mol. The molecule has 0 saturated heterocycles. The van der Waals surface area contributed by atoms with E-state index in [1.807, 2.05) is 0 Å². The molecule has 1 amide bonds. The quantitative estimate of drug-likeness (QED) is 0.291. The van der Waals surface area contributed by atoms with Crippen LogP contribution in [0.2, 0.25) is 0 Å². The SMILES string of the molecule is CCC(CO)(COC(=O)CC(C)=O)COC(=O)CC(C)=O.CCOC(N)=O. The van der Waals surface area contributed by atoms with Crippen LogP contribution in [0.3, 0.4) is 0 Å². The van der Waals surface area contributed by atoms with Gasteiger partial charge in [-0.3, -0.25) is 19.2 Å². The zero-order valence-corrected chi connectivity index (χ0v) is 16.2. The minimum atomic E-state index is -0.932. The lowest BCUT2D eigenvalue weighted by atomic mass is 9.88. The fourth-order valence-electron chi connectivity index (χ4n) is 1.57. The van der Waals surface area contributed by atoms with Crippen LogP contribution >= 0.6 is 0 Å². The highest BCUT2D eigenvalue weighted by molar-refractivity contribution is 5.94. The maximum atomic E-state index is 11.3. The van der Waals surface area contributed by atoms with Crippen LogP contribution in [0.25, 0.3) is 0 Å². The van der Waals surface area contributed by atoms with Crippen LogP contribution in [-0.4, -0.2) is 61.1 Å². The maximum absolute atomic E-state index is 11.3. The average Bonchev–Trinajstić information content (AvgIpc) is 2.55. The largest absolute Gasteiger partial charge is 0.465 e. The first-order valence-corrected chi connectivity index (χ1v) is 8.35. The van der Waals surface area contributed by atoms with Crippen molar-refractivity contribution in [2.45, 2.75) is 47.0 Å². The van der Waals surface area contributed by atoms with Crippen molar-refractivity contribution in [3.8, 4) is 0 Å². The topological polar surface area (TPSA) is 159 Å². The van der Waals surface area contributed by atoms with Crippen LogP contribution in [0.4, 0.5) is 4.79 Å². The van der Waals surface area contributed by atoms with Gasteiger partial charge in [-0.05, 0) is 27.2 Å². The summed E-state index contributed by atoms with van der Waals surface area (Å²) in [5.41, 5.74) is 3.61. The summed E-state index contributed by atoms with van der Waals surface area (Å²) < 4.78 is 14.1. The number of rotatable bonds is 11. The van der Waals surface area contributed by atoms with Gasteiger partial charge in [-0.2, -0.15) is 0 Å². The van der Waals surface area contributed by atoms with Gasteiger partial charge in [0.05, 0.1) is 18.6 Å². The van der Waals surface area contributed by atoms with Crippen molar-refractivity contribution in [2.75, 3.05) is 26.4 Å². The van der Waals surface area contributed by atoms with Crippen LogP contribution in [0.15, 0.2) is 0 Å². The van der Waals surface area contributed by atoms with Crippen molar-refractivity contribution in [3.63, 3.8) is 0 Å². The van der Waals surface area contributed by atoms with Gasteiger partial charge in [0.1, 0.15) is 37.6 Å². The summed E-state index contributed by atoms with van der Waals surface area (Å²) in [5, 5.41) is 9.45. The Balaban J connectivity index is 0. The van der Waals surface area contributed by atoms with Gasteiger partial charge in [-0.1, -0.05) is 6.92 Å². The summed E-state index contributed by atoms with van der Waals surface area (Å²) in [5.74, 6) is -2.02. The number of nitrogens with two attached hydrogens (primary N) is 1. The highest BCUT2D eigenvalue weighted by Crippen LogP contribution is 2.23. The second-order valence-corrected chi connectivity index (χ2v) is 5.84. The number of amides is 1. The van der Waals surface area contributed by atoms with Crippen molar-refractivity contribution >= 4 is 29.6 Å². The lowest BCUT2D eigenvalue weighted by molar-refractivity contribution is -0.157. The first-order chi connectivity index (χ1) is 12.5. The molecule has 0 aliphatic heterocycles. The molecule has 27 heavy (non-hydrogen) atoms. The molecule has 0 bridgehead atoms. The van der Waals surface area contributed by atoms with Gasteiger partial charge in [0.25, 0.3) is 0 Å². The summed E-state index contributed by atoms with van der Waals surface area (Å²) in [4.78, 5) is 53.8. The molecule has 10 heteroatoms. The third-order valence-corrected chi connectivity index (χ3v) is 3.24. The Bertz CT molecular complexity index is 479. The highest BCUT2D eigenvalue weighted by Gasteiger charge is 2.31. The molecule has 0 rings (SSSR count). The minimum absolute atomic E-state index is 0.167. The number of aliphatic hydroxyl groups is 1. The van der Waals surface area contributed by atoms with Crippen LogP contribution in [0.1, 0.15) is 47.0 Å². The molecule has 156 valence electrons. The molecule has 0 heterocycles. The van der Waals surface area contributed by atoms with Gasteiger partial charge < -0.3 is 25.1 Å². The molecule has 0 aromatic heterocycles. The fourth-order valence-corrected chi connectivity index (χ4v) is 1.57. The highest BCUT2D eigenvalue weighted by atomic mass is 16.6. The van der Waals surface area contributed by atoms with Crippen molar-refractivity contribution in [3.05, 3.63) is 0 Å². The van der Waals surface area contributed by atoms with Crippen molar-refractivity contribution in [1.82, 2.24) is 0 Å². The van der Waals surface area contributed by atoms with Gasteiger partial charge >= 0.3 is 18.0 Å². The molecule has 0 atom stereocenters. The predicted octanol–water partition coefficient (Wildman–Crippen LogP) is 0.521. The first kappa shape index (κ1) is 26.7. The third kappa shape index (κ3) is 15.5. The van der Waals surface area contributed by atoms with Gasteiger partial charge in [-0.15, -0.1) is 0 Å². The summed E-state index contributed by atoms with van der Waals surface area (Å²) in [6, 6.07) is 0. The molecule has 0 aliphatic carbocycles. The number of Topliss-reactive ketones (excluding diaryl/α,β-unsaturated/α-hetero) is 2. The lowest BCUT2D eigenvalue weighted by Gasteiger charge is -2.29. The summed E-state index contributed by atoms with van der Waals surface area (Å²) >= 11 is 0. The van der Waals surface area contributed by atoms with E-state index in [2.05, 4.69) is 10.5 Å². The number of hydrogen-bond acceptors (Lipinski definition) is 9. The molecule has 0 radical (unpaired) electrons. The fraction of sp³-hybridized carbons (Fsp3) is 0.706. The van der Waals surface area contributed by atoms with Crippen LogP contribution < -0.4 is 5.73 Å². The second-order valence-electron chi connectivity index (χ2n) is 5.84. The van der Waals surface area contributed by atoms with Crippen molar-refractivity contribution in [1.29, 1.82) is 0 Å². The lowest BCUT2D eigenvalue weighted by Crippen LogP contribution is -2.37. The van der Waals surface area contributed by atoms with E-state index in [4.69, 9.17) is 9.47 Å². The number of esters is 2. The Morgan fingerprint density at radius 2 is 1.26 bits per heavy atom. The molecule has 0 fully saturated rings. The monoisotopic (exact) mass is 391 g/mol. The minimum Gasteiger partial charge on any atom is -0.465 e. The number of hydrogen-bond donors (Lipinski definition) is 2. The second kappa shape index (κ2) is 14.7. The molecule has 0 spiro atoms. The Morgan fingerprint density at radius 1 is 0.852 bits per heavy atom. The van der Waals surface area contributed by atoms with Gasteiger partial charge in [0.15, 0.2) is 0 Å². The number of aliphatic hydroxyl groups excluding tert-OH is 1. The van der Waals surface area contributed by atoms with E-state index >= 15 is 0 Å². The van der Waals surface area contributed by atoms with E-state index in [0.29, 0.717) is 13.0 Å². The smallest absolute Gasteiger partial charge is 0.404 e. The molecule has 0 aromatic rings. The zero-order chi connectivity index (χ0) is 21.5. The van der Waals surface area contributed by atoms with E-state index in [0.717, 1.165) is 0 Å². The Hall–Kier alpha value is -2.49. The molecule has 0 aromatic carbocycles. The van der Waals surface area contributed by atoms with Gasteiger partial charge in [-0.25, -0.2) is 4.79 Å². The zero-order valence-electron chi connectivity index (χ0n) is 16.2. The number of ketones is 2. The first-order valence-electron chi connectivity index (χ1n) is 8.35. The third-order valence-electron chi connectivity index (χ3n) is 3.24. The Morgan fingerprint density at radius 3 is 1.44 bits per heavy atom. The Kier molecular flexibility index (Phi) is 14.5. The summed E-state index contributed by atoms with van der Waals surface area (Å²) in [6.45, 7) is 5.64. The summed E-state index contributed by atoms with van der Waals surface area (Å²) in [6.07, 6.45) is -0.993. The molecule has 0 aliphatic rings.